The maximum absolute atomic E-state index is 13.0. The van der Waals surface area contributed by atoms with E-state index in [9.17, 15) is 9.59 Å². The molecule has 0 saturated carbocycles. The number of thioether (sulfide) groups is 1. The predicted molar refractivity (Wildman–Crippen MR) is 95.1 cm³/mol. The van der Waals surface area contributed by atoms with Gasteiger partial charge in [-0.1, -0.05) is 17.7 Å². The Morgan fingerprint density at radius 2 is 1.92 bits per heavy atom. The van der Waals surface area contributed by atoms with E-state index in [1.807, 2.05) is 49.9 Å². The number of hydrogen-bond donors (Lipinski definition) is 0. The molecule has 130 valence electrons. The summed E-state index contributed by atoms with van der Waals surface area (Å²) in [5.74, 6) is 1.22. The van der Waals surface area contributed by atoms with Crippen molar-refractivity contribution >= 4 is 23.6 Å². The third-order valence-electron chi connectivity index (χ3n) is 4.42. The van der Waals surface area contributed by atoms with Gasteiger partial charge in [0.05, 0.1) is 18.1 Å². The molecule has 1 aromatic rings. The molecule has 0 aliphatic carbocycles. The minimum absolute atomic E-state index is 0.0349. The molecule has 1 aromatic carbocycles. The zero-order valence-electron chi connectivity index (χ0n) is 14.4. The van der Waals surface area contributed by atoms with Gasteiger partial charge in [0, 0.05) is 24.4 Å². The molecule has 2 amide bonds. The van der Waals surface area contributed by atoms with Crippen LogP contribution in [0.15, 0.2) is 24.3 Å². The largest absolute Gasteiger partial charge is 0.372 e. The van der Waals surface area contributed by atoms with E-state index in [0.717, 1.165) is 5.56 Å². The molecule has 2 aliphatic heterocycles. The molecule has 3 rings (SSSR count). The van der Waals surface area contributed by atoms with Gasteiger partial charge in [0.15, 0.2) is 0 Å². The van der Waals surface area contributed by atoms with Crippen LogP contribution in [0.2, 0.25) is 0 Å². The van der Waals surface area contributed by atoms with Gasteiger partial charge in [0.1, 0.15) is 6.04 Å². The first-order chi connectivity index (χ1) is 11.5. The van der Waals surface area contributed by atoms with Crippen molar-refractivity contribution in [3.05, 3.63) is 35.4 Å². The van der Waals surface area contributed by atoms with Gasteiger partial charge in [-0.25, -0.2) is 0 Å². The molecule has 2 heterocycles. The lowest BCUT2D eigenvalue weighted by atomic mass is 10.1. The Hall–Kier alpha value is -1.53. The highest BCUT2D eigenvalue weighted by Gasteiger charge is 2.39. The van der Waals surface area contributed by atoms with Gasteiger partial charge < -0.3 is 14.5 Å². The number of nitrogens with zero attached hydrogens (tertiary/aromatic N) is 2. The molecule has 0 spiro atoms. The number of hydrogen-bond acceptors (Lipinski definition) is 4. The van der Waals surface area contributed by atoms with Crippen LogP contribution in [-0.2, 0) is 9.53 Å². The fraction of sp³-hybridized carbons (Fsp3) is 0.556. The second kappa shape index (κ2) is 7.15. The lowest BCUT2D eigenvalue weighted by molar-refractivity contribution is -0.146. The second-order valence-electron chi connectivity index (χ2n) is 6.66. The van der Waals surface area contributed by atoms with Crippen molar-refractivity contribution in [2.75, 3.05) is 24.7 Å². The number of aryl methyl sites for hydroxylation is 1. The number of carbonyl (C=O) groups excluding carboxylic acids is 2. The highest BCUT2D eigenvalue weighted by Crippen LogP contribution is 2.26. The normalized spacial score (nSPS) is 27.4. The van der Waals surface area contributed by atoms with Gasteiger partial charge in [0.25, 0.3) is 5.91 Å². The average Bonchev–Trinajstić information content (AvgIpc) is 3.02. The Kier molecular flexibility index (Phi) is 5.15. The van der Waals surface area contributed by atoms with E-state index in [1.54, 1.807) is 16.7 Å². The Labute approximate surface area is 147 Å². The topological polar surface area (TPSA) is 49.9 Å². The van der Waals surface area contributed by atoms with Crippen molar-refractivity contribution in [1.82, 2.24) is 9.80 Å². The highest BCUT2D eigenvalue weighted by atomic mass is 32.2. The van der Waals surface area contributed by atoms with Crippen molar-refractivity contribution in [3.8, 4) is 0 Å². The van der Waals surface area contributed by atoms with Crippen LogP contribution < -0.4 is 0 Å². The Balaban J connectivity index is 1.75. The lowest BCUT2D eigenvalue weighted by Gasteiger charge is -2.37. The highest BCUT2D eigenvalue weighted by molar-refractivity contribution is 7.99. The van der Waals surface area contributed by atoms with Crippen molar-refractivity contribution in [1.29, 1.82) is 0 Å². The smallest absolute Gasteiger partial charge is 0.255 e. The van der Waals surface area contributed by atoms with E-state index in [0.29, 0.717) is 30.3 Å². The van der Waals surface area contributed by atoms with Crippen LogP contribution in [0.4, 0.5) is 0 Å². The summed E-state index contributed by atoms with van der Waals surface area (Å²) in [6.07, 6.45) is 0.0698. The zero-order valence-corrected chi connectivity index (χ0v) is 15.2. The Morgan fingerprint density at radius 3 is 2.58 bits per heavy atom. The maximum Gasteiger partial charge on any atom is 0.255 e. The summed E-state index contributed by atoms with van der Waals surface area (Å²) >= 11 is 1.64. The number of morpholine rings is 1. The van der Waals surface area contributed by atoms with E-state index in [-0.39, 0.29) is 30.1 Å². The van der Waals surface area contributed by atoms with Crippen LogP contribution in [0.25, 0.3) is 0 Å². The third-order valence-corrected chi connectivity index (χ3v) is 5.44. The van der Waals surface area contributed by atoms with E-state index in [1.165, 1.54) is 0 Å². The van der Waals surface area contributed by atoms with Crippen LogP contribution in [0.1, 0.15) is 29.8 Å². The van der Waals surface area contributed by atoms with Crippen molar-refractivity contribution < 1.29 is 14.3 Å². The van der Waals surface area contributed by atoms with Crippen LogP contribution in [0.3, 0.4) is 0 Å². The average molecular weight is 348 g/mol. The first-order valence-corrected chi connectivity index (χ1v) is 9.51. The lowest BCUT2D eigenvalue weighted by Crippen LogP contribution is -2.55. The molecule has 2 saturated heterocycles. The number of ether oxygens (including phenoxy) is 1. The van der Waals surface area contributed by atoms with Crippen LogP contribution >= 0.6 is 11.8 Å². The Bertz CT molecular complexity index is 626. The first kappa shape index (κ1) is 17.3. The molecule has 2 fully saturated rings. The zero-order chi connectivity index (χ0) is 17.3. The van der Waals surface area contributed by atoms with Gasteiger partial charge in [-0.2, -0.15) is 0 Å². The van der Waals surface area contributed by atoms with Gasteiger partial charge in [0.2, 0.25) is 5.91 Å². The molecule has 24 heavy (non-hydrogen) atoms. The Morgan fingerprint density at radius 1 is 1.21 bits per heavy atom. The first-order valence-electron chi connectivity index (χ1n) is 8.35. The summed E-state index contributed by atoms with van der Waals surface area (Å²) in [5, 5.41) is 0. The number of amides is 2. The molecule has 6 heteroatoms. The summed E-state index contributed by atoms with van der Waals surface area (Å²) in [5.41, 5.74) is 1.70. The number of carbonyl (C=O) groups is 2. The second-order valence-corrected chi connectivity index (χ2v) is 7.66. The molecule has 2 aliphatic rings. The molecular formula is C18H24N2O3S. The van der Waals surface area contributed by atoms with E-state index in [2.05, 4.69) is 0 Å². The summed E-state index contributed by atoms with van der Waals surface area (Å²) in [6.45, 7) is 7.12. The molecular weight excluding hydrogens is 324 g/mol. The molecule has 0 bridgehead atoms. The quantitative estimate of drug-likeness (QED) is 0.822. The van der Waals surface area contributed by atoms with E-state index in [4.69, 9.17) is 4.74 Å². The summed E-state index contributed by atoms with van der Waals surface area (Å²) < 4.78 is 5.71. The van der Waals surface area contributed by atoms with E-state index < -0.39 is 0 Å². The SMILES string of the molecule is Cc1cccc(C(=O)N2CSCC2C(=O)N2CC(C)OC(C)C2)c1. The molecule has 5 nitrogen and oxygen atoms in total. The van der Waals surface area contributed by atoms with Gasteiger partial charge >= 0.3 is 0 Å². The monoisotopic (exact) mass is 348 g/mol. The van der Waals surface area contributed by atoms with E-state index >= 15 is 0 Å². The molecule has 0 radical (unpaired) electrons. The molecule has 0 aromatic heterocycles. The van der Waals surface area contributed by atoms with Crippen molar-refractivity contribution in [2.45, 2.75) is 39.0 Å². The van der Waals surface area contributed by atoms with Crippen LogP contribution in [0.5, 0.6) is 0 Å². The van der Waals surface area contributed by atoms with Gasteiger partial charge in [-0.15, -0.1) is 11.8 Å². The van der Waals surface area contributed by atoms with Crippen molar-refractivity contribution in [3.63, 3.8) is 0 Å². The summed E-state index contributed by atoms with van der Waals surface area (Å²) in [4.78, 5) is 29.4. The summed E-state index contributed by atoms with van der Waals surface area (Å²) in [6, 6.07) is 7.17. The minimum Gasteiger partial charge on any atom is -0.372 e. The third kappa shape index (κ3) is 3.59. The fourth-order valence-electron chi connectivity index (χ4n) is 3.36. The van der Waals surface area contributed by atoms with Gasteiger partial charge in [-0.3, -0.25) is 9.59 Å². The van der Waals surface area contributed by atoms with Crippen LogP contribution in [0, 0.1) is 6.92 Å². The maximum atomic E-state index is 13.0. The number of rotatable bonds is 2. The standard InChI is InChI=1S/C18H24N2O3S/c1-12-5-4-6-15(7-12)17(21)20-11-24-10-16(20)18(22)19-8-13(2)23-14(3)9-19/h4-7,13-14,16H,8-11H2,1-3H3. The number of benzene rings is 1. The fourth-order valence-corrected chi connectivity index (χ4v) is 4.50. The van der Waals surface area contributed by atoms with Gasteiger partial charge in [-0.05, 0) is 32.9 Å². The van der Waals surface area contributed by atoms with Crippen LogP contribution in [-0.4, -0.2) is 64.6 Å². The van der Waals surface area contributed by atoms with Crippen molar-refractivity contribution in [2.24, 2.45) is 0 Å². The predicted octanol–water partition coefficient (Wildman–Crippen LogP) is 2.15. The molecule has 0 N–H and O–H groups in total. The summed E-state index contributed by atoms with van der Waals surface area (Å²) in [7, 11) is 0. The molecule has 3 unspecified atom stereocenters. The molecule has 3 atom stereocenters. The minimum atomic E-state index is -0.375.